The van der Waals surface area contributed by atoms with E-state index in [1.54, 1.807) is 30.5 Å². The van der Waals surface area contributed by atoms with Gasteiger partial charge in [-0.2, -0.15) is 0 Å². The number of imidazole rings is 1. The molecule has 3 heterocycles. The van der Waals surface area contributed by atoms with Gasteiger partial charge in [-0.15, -0.1) is 6.58 Å². The molecular weight excluding hydrogens is 401 g/mol. The second-order valence-electron chi connectivity index (χ2n) is 7.71. The van der Waals surface area contributed by atoms with Gasteiger partial charge >= 0.3 is 0 Å². The summed E-state index contributed by atoms with van der Waals surface area (Å²) < 4.78 is 25.1. The van der Waals surface area contributed by atoms with Crippen molar-refractivity contribution < 1.29 is 19.0 Å². The van der Waals surface area contributed by atoms with Crippen LogP contribution in [0.2, 0.25) is 0 Å². The molecule has 2 aromatic heterocycles. The van der Waals surface area contributed by atoms with Gasteiger partial charge in [0.25, 0.3) is 0 Å². The summed E-state index contributed by atoms with van der Waals surface area (Å²) in [6, 6.07) is 7.83. The summed E-state index contributed by atoms with van der Waals surface area (Å²) in [6.45, 7) is 6.72. The van der Waals surface area contributed by atoms with Gasteiger partial charge in [-0.1, -0.05) is 13.0 Å². The molecule has 0 radical (unpaired) electrons. The summed E-state index contributed by atoms with van der Waals surface area (Å²) in [6.07, 6.45) is 2.64. The summed E-state index contributed by atoms with van der Waals surface area (Å²) in [5, 5.41) is 12.6. The van der Waals surface area contributed by atoms with Crippen LogP contribution < -0.4 is 5.32 Å². The molecule has 0 atom stereocenters. The monoisotopic (exact) mass is 425 g/mol. The molecule has 3 N–H and O–H groups in total. The Morgan fingerprint density at radius 3 is 2.68 bits per heavy atom. The highest BCUT2D eigenvalue weighted by Crippen LogP contribution is 2.35. The van der Waals surface area contributed by atoms with Crippen LogP contribution in [-0.4, -0.2) is 51.4 Å². The number of benzene rings is 1. The molecule has 3 aromatic rings. The van der Waals surface area contributed by atoms with Gasteiger partial charge in [0.2, 0.25) is 12.2 Å². The minimum Gasteiger partial charge on any atom is -0.396 e. The summed E-state index contributed by atoms with van der Waals surface area (Å²) in [7, 11) is 0. The van der Waals surface area contributed by atoms with E-state index in [2.05, 4.69) is 31.8 Å². The maximum Gasteiger partial charge on any atom is 0.223 e. The van der Waals surface area contributed by atoms with Gasteiger partial charge in [0, 0.05) is 23.7 Å². The molecule has 0 aliphatic carbocycles. The van der Waals surface area contributed by atoms with Crippen molar-refractivity contribution in [2.45, 2.75) is 13.2 Å². The molecule has 8 nitrogen and oxygen atoms in total. The Balaban J connectivity index is 1.71. The normalized spacial score (nSPS) is 21.1. The van der Waals surface area contributed by atoms with Crippen molar-refractivity contribution in [3.8, 4) is 22.6 Å². The molecule has 1 aromatic carbocycles. The number of halogens is 1. The number of aliphatic hydroxyl groups excluding tert-OH is 1. The highest BCUT2D eigenvalue weighted by molar-refractivity contribution is 5.77. The van der Waals surface area contributed by atoms with Crippen LogP contribution in [0.4, 0.5) is 10.3 Å². The first-order valence-corrected chi connectivity index (χ1v) is 9.89. The van der Waals surface area contributed by atoms with Gasteiger partial charge in [-0.3, -0.25) is 0 Å². The molecule has 0 bridgehead atoms. The second-order valence-corrected chi connectivity index (χ2v) is 7.71. The molecule has 1 aliphatic heterocycles. The molecule has 31 heavy (non-hydrogen) atoms. The van der Waals surface area contributed by atoms with Crippen molar-refractivity contribution in [2.24, 2.45) is 5.41 Å². The van der Waals surface area contributed by atoms with E-state index in [9.17, 15) is 9.50 Å². The zero-order valence-corrected chi connectivity index (χ0v) is 17.1. The van der Waals surface area contributed by atoms with Crippen LogP contribution in [0.3, 0.4) is 0 Å². The zero-order chi connectivity index (χ0) is 21.8. The topological polar surface area (TPSA) is 105 Å². The molecule has 0 saturated carbocycles. The minimum absolute atomic E-state index is 0.0363. The van der Waals surface area contributed by atoms with Gasteiger partial charge in [0.15, 0.2) is 5.82 Å². The second kappa shape index (κ2) is 8.93. The third-order valence-corrected chi connectivity index (χ3v) is 4.93. The van der Waals surface area contributed by atoms with E-state index in [1.165, 1.54) is 12.1 Å². The Morgan fingerprint density at radius 2 is 2.00 bits per heavy atom. The highest BCUT2D eigenvalue weighted by atomic mass is 19.1. The lowest BCUT2D eigenvalue weighted by atomic mass is 9.94. The molecule has 9 heteroatoms. The maximum absolute atomic E-state index is 13.5. The lowest BCUT2D eigenvalue weighted by molar-refractivity contribution is -0.239. The van der Waals surface area contributed by atoms with Crippen molar-refractivity contribution >= 4 is 5.95 Å². The van der Waals surface area contributed by atoms with Crippen molar-refractivity contribution in [1.29, 1.82) is 0 Å². The molecule has 4 rings (SSSR count). The number of anilines is 1. The minimum atomic E-state index is -0.715. The maximum atomic E-state index is 13.5. The number of aliphatic hydroxyl groups is 1. The van der Waals surface area contributed by atoms with Gasteiger partial charge in [0.05, 0.1) is 36.9 Å². The van der Waals surface area contributed by atoms with E-state index >= 15 is 0 Å². The van der Waals surface area contributed by atoms with Crippen molar-refractivity contribution in [3.05, 3.63) is 60.8 Å². The van der Waals surface area contributed by atoms with E-state index in [0.29, 0.717) is 54.2 Å². The quantitative estimate of drug-likeness (QED) is 0.499. The van der Waals surface area contributed by atoms with Crippen LogP contribution in [0.15, 0.2) is 49.2 Å². The summed E-state index contributed by atoms with van der Waals surface area (Å²) >= 11 is 0. The first kappa shape index (κ1) is 21.1. The average molecular weight is 425 g/mol. The lowest BCUT2D eigenvalue weighted by Gasteiger charge is -2.35. The van der Waals surface area contributed by atoms with Crippen molar-refractivity contribution in [1.82, 2.24) is 19.9 Å². The predicted molar refractivity (Wildman–Crippen MR) is 114 cm³/mol. The summed E-state index contributed by atoms with van der Waals surface area (Å²) in [4.78, 5) is 16.7. The number of nitrogens with one attached hydrogen (secondary N) is 2. The van der Waals surface area contributed by atoms with Gasteiger partial charge in [0.1, 0.15) is 5.82 Å². The number of hydrogen-bond donors (Lipinski definition) is 3. The van der Waals surface area contributed by atoms with Crippen LogP contribution in [0, 0.1) is 11.2 Å². The number of H-pyrrole nitrogens is 1. The first-order valence-electron chi connectivity index (χ1n) is 9.89. The van der Waals surface area contributed by atoms with Gasteiger partial charge in [-0.05, 0) is 30.3 Å². The fourth-order valence-corrected chi connectivity index (χ4v) is 3.14. The van der Waals surface area contributed by atoms with Gasteiger partial charge < -0.3 is 24.9 Å². The molecule has 1 aliphatic rings. The molecular formula is C22H24FN5O3. The largest absolute Gasteiger partial charge is 0.396 e. The Hall–Kier alpha value is -3.14. The molecule has 0 unspecified atom stereocenters. The Morgan fingerprint density at radius 1 is 1.26 bits per heavy atom. The van der Waals surface area contributed by atoms with Crippen LogP contribution >= 0.6 is 0 Å². The molecule has 0 spiro atoms. The van der Waals surface area contributed by atoms with Crippen LogP contribution in [0.1, 0.15) is 19.0 Å². The van der Waals surface area contributed by atoms with Gasteiger partial charge in [-0.25, -0.2) is 19.3 Å². The molecule has 1 saturated heterocycles. The van der Waals surface area contributed by atoms with Crippen LogP contribution in [0.5, 0.6) is 0 Å². The van der Waals surface area contributed by atoms with Crippen LogP contribution in [-0.2, 0) is 9.47 Å². The first-order chi connectivity index (χ1) is 15.0. The number of hydrogen-bond acceptors (Lipinski definition) is 7. The average Bonchev–Trinajstić information content (AvgIpc) is 3.24. The lowest BCUT2D eigenvalue weighted by Crippen LogP contribution is -2.39. The highest BCUT2D eigenvalue weighted by Gasteiger charge is 2.34. The van der Waals surface area contributed by atoms with E-state index in [-0.39, 0.29) is 12.4 Å². The number of aromatic amines is 1. The van der Waals surface area contributed by atoms with E-state index in [4.69, 9.17) is 9.47 Å². The SMILES string of the molecule is C=CCNc1nccc(-c2[nH]c(C3OCC(C)(CO)CO3)nc2-c2ccc(F)cc2)n1. The number of aromatic nitrogens is 4. The predicted octanol–water partition coefficient (Wildman–Crippen LogP) is 3.31. The van der Waals surface area contributed by atoms with E-state index in [0.717, 1.165) is 0 Å². The fraction of sp³-hybridized carbons (Fsp3) is 0.318. The number of rotatable bonds is 7. The van der Waals surface area contributed by atoms with Crippen molar-refractivity contribution in [2.75, 3.05) is 31.7 Å². The Kier molecular flexibility index (Phi) is 6.08. The summed E-state index contributed by atoms with van der Waals surface area (Å²) in [5.41, 5.74) is 2.09. The Bertz CT molecular complexity index is 1050. The molecule has 0 amide bonds. The van der Waals surface area contributed by atoms with E-state index in [1.807, 2.05) is 6.92 Å². The zero-order valence-electron chi connectivity index (χ0n) is 17.1. The van der Waals surface area contributed by atoms with E-state index < -0.39 is 11.7 Å². The fourth-order valence-electron chi connectivity index (χ4n) is 3.14. The number of nitrogens with zero attached hydrogens (tertiary/aromatic N) is 3. The molecule has 1 fully saturated rings. The standard InChI is InChI=1S/C22H24FN5O3/c1-3-9-24-21-25-10-8-16(26-21)18-17(14-4-6-15(23)7-5-14)27-19(28-18)20-30-12-22(2,11-29)13-31-20/h3-8,10,20,29H,1,9,11-13H2,2H3,(H,27,28)(H,24,25,26). The number of ether oxygens (including phenoxy) is 2. The Labute approximate surface area is 179 Å². The third kappa shape index (κ3) is 4.63. The summed E-state index contributed by atoms with van der Waals surface area (Å²) in [5.74, 6) is 0.581. The van der Waals surface area contributed by atoms with Crippen LogP contribution in [0.25, 0.3) is 22.6 Å². The third-order valence-electron chi connectivity index (χ3n) is 4.93. The molecule has 162 valence electrons. The van der Waals surface area contributed by atoms with Crippen molar-refractivity contribution in [3.63, 3.8) is 0 Å². The smallest absolute Gasteiger partial charge is 0.223 e.